The first-order chi connectivity index (χ1) is 8.77. The van der Waals surface area contributed by atoms with Gasteiger partial charge in [-0.25, -0.2) is 0 Å². The fraction of sp³-hybridized carbons (Fsp3) is 0.800. The van der Waals surface area contributed by atoms with Crippen molar-refractivity contribution in [1.29, 1.82) is 0 Å². The van der Waals surface area contributed by atoms with Crippen molar-refractivity contribution in [3.63, 3.8) is 0 Å². The Labute approximate surface area is 117 Å². The second-order valence-electron chi connectivity index (χ2n) is 7.03. The van der Waals surface area contributed by atoms with Crippen LogP contribution in [0, 0.1) is 0 Å². The maximum absolute atomic E-state index is 6.04. The largest absolute Gasteiger partial charge is 0.328 e. The Morgan fingerprint density at radius 1 is 1.42 bits per heavy atom. The van der Waals surface area contributed by atoms with Gasteiger partial charge >= 0.3 is 0 Å². The summed E-state index contributed by atoms with van der Waals surface area (Å²) in [7, 11) is 2.01. The summed E-state index contributed by atoms with van der Waals surface area (Å²) in [6.45, 7) is 11.1. The first-order valence-corrected chi connectivity index (χ1v) is 7.30. The maximum atomic E-state index is 6.04. The summed E-state index contributed by atoms with van der Waals surface area (Å²) in [5.74, 6) is 0. The van der Waals surface area contributed by atoms with Crippen LogP contribution in [0.1, 0.15) is 51.8 Å². The van der Waals surface area contributed by atoms with Gasteiger partial charge in [0.15, 0.2) is 0 Å². The van der Waals surface area contributed by atoms with Crippen LogP contribution in [0.4, 0.5) is 0 Å². The molecule has 2 heterocycles. The van der Waals surface area contributed by atoms with E-state index in [1.165, 1.54) is 11.3 Å². The molecule has 2 N–H and O–H groups in total. The first-order valence-electron chi connectivity index (χ1n) is 7.30. The lowest BCUT2D eigenvalue weighted by atomic mass is 9.89. The maximum Gasteiger partial charge on any atom is 0.0722 e. The number of nitrogens with zero attached hydrogens (tertiary/aromatic N) is 3. The summed E-state index contributed by atoms with van der Waals surface area (Å²) in [6, 6.07) is 0.944. The smallest absolute Gasteiger partial charge is 0.0722 e. The standard InChI is InChI=1S/C15H28N4/c1-11-8-13(16)6-7-19(11)10-12-9-18(5)17-14(12)15(2,3)4/h9,11,13H,6-8,10,16H2,1-5H3. The molecule has 0 spiro atoms. The third-order valence-electron chi connectivity index (χ3n) is 4.04. The molecule has 0 amide bonds. The number of nitrogens with two attached hydrogens (primary N) is 1. The van der Waals surface area contributed by atoms with Crippen molar-refractivity contribution in [3.8, 4) is 0 Å². The number of aryl methyl sites for hydroxylation is 1. The molecule has 2 unspecified atom stereocenters. The van der Waals surface area contributed by atoms with E-state index in [-0.39, 0.29) is 5.41 Å². The molecule has 4 heteroatoms. The Morgan fingerprint density at radius 2 is 2.11 bits per heavy atom. The van der Waals surface area contributed by atoms with Crippen molar-refractivity contribution in [2.75, 3.05) is 6.54 Å². The van der Waals surface area contributed by atoms with Crippen molar-refractivity contribution >= 4 is 0 Å². The Hall–Kier alpha value is -0.870. The van der Waals surface area contributed by atoms with Gasteiger partial charge in [-0.15, -0.1) is 0 Å². The van der Waals surface area contributed by atoms with Crippen LogP contribution >= 0.6 is 0 Å². The summed E-state index contributed by atoms with van der Waals surface area (Å²) < 4.78 is 1.94. The van der Waals surface area contributed by atoms with Gasteiger partial charge in [-0.2, -0.15) is 5.10 Å². The molecule has 1 aliphatic heterocycles. The van der Waals surface area contributed by atoms with Crippen LogP contribution in [0.3, 0.4) is 0 Å². The predicted octanol–water partition coefficient (Wildman–Crippen LogP) is 2.03. The van der Waals surface area contributed by atoms with Gasteiger partial charge in [-0.1, -0.05) is 20.8 Å². The van der Waals surface area contributed by atoms with Gasteiger partial charge in [-0.05, 0) is 19.8 Å². The zero-order chi connectivity index (χ0) is 14.2. The van der Waals surface area contributed by atoms with E-state index in [1.54, 1.807) is 0 Å². The number of rotatable bonds is 2. The molecule has 2 atom stereocenters. The lowest BCUT2D eigenvalue weighted by molar-refractivity contribution is 0.139. The highest BCUT2D eigenvalue weighted by Gasteiger charge is 2.27. The molecule has 1 aliphatic rings. The van der Waals surface area contributed by atoms with Gasteiger partial charge in [-0.3, -0.25) is 9.58 Å². The molecule has 1 aromatic heterocycles. The molecule has 2 rings (SSSR count). The van der Waals surface area contributed by atoms with Gasteiger partial charge in [0.25, 0.3) is 0 Å². The fourth-order valence-corrected chi connectivity index (χ4v) is 3.00. The molecule has 108 valence electrons. The molecule has 19 heavy (non-hydrogen) atoms. The highest BCUT2D eigenvalue weighted by atomic mass is 15.3. The lowest BCUT2D eigenvalue weighted by Gasteiger charge is -2.36. The molecule has 1 aromatic rings. The quantitative estimate of drug-likeness (QED) is 0.889. The predicted molar refractivity (Wildman–Crippen MR) is 79.0 cm³/mol. The molecule has 0 bridgehead atoms. The molecule has 0 radical (unpaired) electrons. The average Bonchev–Trinajstić information content (AvgIpc) is 2.63. The van der Waals surface area contributed by atoms with Crippen molar-refractivity contribution in [1.82, 2.24) is 14.7 Å². The summed E-state index contributed by atoms with van der Waals surface area (Å²) in [5, 5.41) is 4.65. The molecule has 0 aromatic carbocycles. The van der Waals surface area contributed by atoms with Crippen LogP contribution in [0.15, 0.2) is 6.20 Å². The summed E-state index contributed by atoms with van der Waals surface area (Å²) in [4.78, 5) is 2.54. The minimum atomic E-state index is 0.103. The first kappa shape index (κ1) is 14.5. The van der Waals surface area contributed by atoms with Crippen molar-refractivity contribution in [2.45, 2.75) is 64.6 Å². The fourth-order valence-electron chi connectivity index (χ4n) is 3.00. The van der Waals surface area contributed by atoms with E-state index in [1.807, 2.05) is 11.7 Å². The van der Waals surface area contributed by atoms with Crippen molar-refractivity contribution in [3.05, 3.63) is 17.5 Å². The minimum absolute atomic E-state index is 0.103. The van der Waals surface area contributed by atoms with Gasteiger partial charge in [0, 0.05) is 49.4 Å². The molecular weight excluding hydrogens is 236 g/mol. The summed E-state index contributed by atoms with van der Waals surface area (Å²) in [6.07, 6.45) is 4.38. The van der Waals surface area contributed by atoms with Gasteiger partial charge in [0.05, 0.1) is 5.69 Å². The van der Waals surface area contributed by atoms with Crippen LogP contribution in [0.25, 0.3) is 0 Å². The number of piperidine rings is 1. The van der Waals surface area contributed by atoms with Crippen LogP contribution < -0.4 is 5.73 Å². The Balaban J connectivity index is 2.15. The van der Waals surface area contributed by atoms with E-state index in [9.17, 15) is 0 Å². The van der Waals surface area contributed by atoms with Crippen LogP contribution in [0.5, 0.6) is 0 Å². The van der Waals surface area contributed by atoms with E-state index in [4.69, 9.17) is 5.73 Å². The molecule has 1 saturated heterocycles. The molecular formula is C15H28N4. The molecule has 0 saturated carbocycles. The van der Waals surface area contributed by atoms with Crippen molar-refractivity contribution < 1.29 is 0 Å². The second kappa shape index (κ2) is 5.25. The van der Waals surface area contributed by atoms with E-state index in [0.29, 0.717) is 12.1 Å². The van der Waals surface area contributed by atoms with Gasteiger partial charge in [0.1, 0.15) is 0 Å². The van der Waals surface area contributed by atoms with Crippen LogP contribution in [-0.2, 0) is 19.0 Å². The number of aromatic nitrogens is 2. The minimum Gasteiger partial charge on any atom is -0.328 e. The molecule has 4 nitrogen and oxygen atoms in total. The Morgan fingerprint density at radius 3 is 2.68 bits per heavy atom. The summed E-state index contributed by atoms with van der Waals surface area (Å²) >= 11 is 0. The van der Waals surface area contributed by atoms with E-state index in [2.05, 4.69) is 43.9 Å². The monoisotopic (exact) mass is 264 g/mol. The van der Waals surface area contributed by atoms with Crippen molar-refractivity contribution in [2.24, 2.45) is 12.8 Å². The number of hydrogen-bond acceptors (Lipinski definition) is 3. The third-order valence-corrected chi connectivity index (χ3v) is 4.04. The van der Waals surface area contributed by atoms with Gasteiger partial charge in [0.2, 0.25) is 0 Å². The normalized spacial score (nSPS) is 25.8. The van der Waals surface area contributed by atoms with E-state index >= 15 is 0 Å². The zero-order valence-electron chi connectivity index (χ0n) is 13.0. The highest BCUT2D eigenvalue weighted by molar-refractivity contribution is 5.24. The molecule has 0 aliphatic carbocycles. The summed E-state index contributed by atoms with van der Waals surface area (Å²) in [5.41, 5.74) is 8.72. The topological polar surface area (TPSA) is 47.1 Å². The Bertz CT molecular complexity index is 430. The Kier molecular flexibility index (Phi) is 4.02. The highest BCUT2D eigenvalue weighted by Crippen LogP contribution is 2.27. The van der Waals surface area contributed by atoms with Crippen LogP contribution in [0.2, 0.25) is 0 Å². The lowest BCUT2D eigenvalue weighted by Crippen LogP contribution is -2.45. The van der Waals surface area contributed by atoms with Crippen LogP contribution in [-0.4, -0.2) is 33.3 Å². The van der Waals surface area contributed by atoms with Gasteiger partial charge < -0.3 is 5.73 Å². The van der Waals surface area contributed by atoms with E-state index in [0.717, 1.165) is 25.9 Å². The molecule has 1 fully saturated rings. The average molecular weight is 264 g/mol. The SMILES string of the molecule is CC1CC(N)CCN1Cc1cn(C)nc1C(C)(C)C. The third kappa shape index (κ3) is 3.37. The number of hydrogen-bond donors (Lipinski definition) is 1. The second-order valence-corrected chi connectivity index (χ2v) is 7.03. The number of likely N-dealkylation sites (tertiary alicyclic amines) is 1. The zero-order valence-corrected chi connectivity index (χ0v) is 13.0. The van der Waals surface area contributed by atoms with E-state index < -0.39 is 0 Å².